The van der Waals surface area contributed by atoms with E-state index < -0.39 is 0 Å². The predicted molar refractivity (Wildman–Crippen MR) is 56.7 cm³/mol. The molecule has 2 atom stereocenters. The van der Waals surface area contributed by atoms with E-state index in [1.807, 2.05) is 0 Å². The lowest BCUT2D eigenvalue weighted by molar-refractivity contribution is 0.390. The van der Waals surface area contributed by atoms with E-state index >= 15 is 0 Å². The molecule has 0 spiro atoms. The van der Waals surface area contributed by atoms with Crippen LogP contribution in [0.15, 0.2) is 12.1 Å². The van der Waals surface area contributed by atoms with Crippen LogP contribution in [0.1, 0.15) is 11.1 Å². The summed E-state index contributed by atoms with van der Waals surface area (Å²) in [6.07, 6.45) is 1.74. The zero-order valence-electron chi connectivity index (χ0n) is 8.85. The molecule has 0 aliphatic carbocycles. The molecular formula is C12H14O4. The number of hydrogen-bond donors (Lipinski definition) is 2. The highest BCUT2D eigenvalue weighted by Gasteiger charge is 2.30. The minimum Gasteiger partial charge on any atom is -0.508 e. The Hall–Kier alpha value is -1.26. The third-order valence-electron chi connectivity index (χ3n) is 3.05. The van der Waals surface area contributed by atoms with E-state index in [1.165, 1.54) is 12.1 Å². The van der Waals surface area contributed by atoms with E-state index in [1.54, 1.807) is 0 Å². The maximum Gasteiger partial charge on any atom is 0.119 e. The van der Waals surface area contributed by atoms with E-state index in [4.69, 9.17) is 9.47 Å². The summed E-state index contributed by atoms with van der Waals surface area (Å²) in [4.78, 5) is 0. The third-order valence-corrected chi connectivity index (χ3v) is 3.05. The van der Waals surface area contributed by atoms with Crippen molar-refractivity contribution in [3.05, 3.63) is 23.3 Å². The molecule has 3 rings (SSSR count). The number of benzene rings is 1. The molecule has 4 nitrogen and oxygen atoms in total. The first-order valence-corrected chi connectivity index (χ1v) is 5.50. The lowest BCUT2D eigenvalue weighted by atomic mass is 9.97. The Kier molecular flexibility index (Phi) is 2.26. The molecule has 86 valence electrons. The zero-order chi connectivity index (χ0) is 11.1. The van der Waals surface area contributed by atoms with Gasteiger partial charge in [-0.25, -0.2) is 0 Å². The Morgan fingerprint density at radius 2 is 1.31 bits per heavy atom. The topological polar surface area (TPSA) is 65.5 Å². The Balaban J connectivity index is 1.92. The summed E-state index contributed by atoms with van der Waals surface area (Å²) in [5, 5.41) is 19.6. The number of hydrogen-bond acceptors (Lipinski definition) is 4. The van der Waals surface area contributed by atoms with Gasteiger partial charge >= 0.3 is 0 Å². The highest BCUT2D eigenvalue weighted by atomic mass is 16.6. The molecule has 2 aliphatic rings. The highest BCUT2D eigenvalue weighted by Crippen LogP contribution is 2.34. The molecule has 0 aromatic heterocycles. The standard InChI is InChI=1S/C12H14O4/c13-11-1-2-12(14)10(4-8-6-16-8)9(11)3-7-5-15-7/h1-2,7-8,13-14H,3-6H2. The molecule has 0 bridgehead atoms. The van der Waals surface area contributed by atoms with Crippen molar-refractivity contribution in [3.8, 4) is 11.5 Å². The number of ether oxygens (including phenoxy) is 2. The van der Waals surface area contributed by atoms with Gasteiger partial charge in [0.25, 0.3) is 0 Å². The summed E-state index contributed by atoms with van der Waals surface area (Å²) >= 11 is 0. The molecule has 0 amide bonds. The second kappa shape index (κ2) is 3.64. The molecule has 4 heteroatoms. The Morgan fingerprint density at radius 1 is 0.938 bits per heavy atom. The number of phenolic OH excluding ortho intramolecular Hbond substituents is 2. The van der Waals surface area contributed by atoms with Crippen LogP contribution in [0.5, 0.6) is 11.5 Å². The van der Waals surface area contributed by atoms with Gasteiger partial charge in [-0.05, 0) is 12.1 Å². The largest absolute Gasteiger partial charge is 0.508 e. The average molecular weight is 222 g/mol. The Morgan fingerprint density at radius 3 is 1.62 bits per heavy atom. The van der Waals surface area contributed by atoms with Crippen LogP contribution in [0.3, 0.4) is 0 Å². The minimum absolute atomic E-state index is 0.201. The first kappa shape index (κ1) is 9.93. The summed E-state index contributed by atoms with van der Waals surface area (Å²) in [7, 11) is 0. The van der Waals surface area contributed by atoms with Crippen molar-refractivity contribution in [2.45, 2.75) is 25.0 Å². The molecule has 2 heterocycles. The minimum atomic E-state index is 0.201. The van der Waals surface area contributed by atoms with Crippen molar-refractivity contribution >= 4 is 0 Å². The van der Waals surface area contributed by atoms with Gasteiger partial charge in [0.2, 0.25) is 0 Å². The third kappa shape index (κ3) is 1.99. The molecule has 1 aromatic carbocycles. The van der Waals surface area contributed by atoms with Crippen LogP contribution in [0.25, 0.3) is 0 Å². The SMILES string of the molecule is Oc1ccc(O)c(CC2CO2)c1CC1CO1. The van der Waals surface area contributed by atoms with E-state index in [0.29, 0.717) is 12.8 Å². The van der Waals surface area contributed by atoms with E-state index in [0.717, 1.165) is 24.3 Å². The van der Waals surface area contributed by atoms with Crippen LogP contribution in [0.2, 0.25) is 0 Å². The monoisotopic (exact) mass is 222 g/mol. The normalized spacial score (nSPS) is 26.8. The van der Waals surface area contributed by atoms with Gasteiger partial charge in [0.1, 0.15) is 11.5 Å². The fraction of sp³-hybridized carbons (Fsp3) is 0.500. The molecule has 0 radical (unpaired) electrons. The van der Waals surface area contributed by atoms with Crippen LogP contribution in [0, 0.1) is 0 Å². The second-order valence-electron chi connectivity index (χ2n) is 4.38. The summed E-state index contributed by atoms with van der Waals surface area (Å²) < 4.78 is 10.3. The molecule has 1 aromatic rings. The summed E-state index contributed by atoms with van der Waals surface area (Å²) in [5.74, 6) is 0.480. The van der Waals surface area contributed by atoms with Gasteiger partial charge in [-0.3, -0.25) is 0 Å². The summed E-state index contributed by atoms with van der Waals surface area (Å²) in [6.45, 7) is 1.49. The van der Waals surface area contributed by atoms with Crippen molar-refractivity contribution in [1.82, 2.24) is 0 Å². The van der Waals surface area contributed by atoms with Crippen molar-refractivity contribution in [2.24, 2.45) is 0 Å². The number of rotatable bonds is 4. The van der Waals surface area contributed by atoms with Gasteiger partial charge in [-0.15, -0.1) is 0 Å². The van der Waals surface area contributed by atoms with Crippen LogP contribution in [-0.4, -0.2) is 35.6 Å². The van der Waals surface area contributed by atoms with Gasteiger partial charge in [-0.2, -0.15) is 0 Å². The fourth-order valence-electron chi connectivity index (χ4n) is 1.95. The van der Waals surface area contributed by atoms with E-state index in [9.17, 15) is 10.2 Å². The Bertz CT molecular complexity index is 369. The van der Waals surface area contributed by atoms with Crippen LogP contribution >= 0.6 is 0 Å². The number of epoxide rings is 2. The molecule has 2 N–H and O–H groups in total. The molecule has 16 heavy (non-hydrogen) atoms. The smallest absolute Gasteiger partial charge is 0.119 e. The molecule has 2 fully saturated rings. The molecule has 0 saturated carbocycles. The number of phenols is 2. The lowest BCUT2D eigenvalue weighted by Gasteiger charge is -2.11. The van der Waals surface area contributed by atoms with Gasteiger partial charge < -0.3 is 19.7 Å². The van der Waals surface area contributed by atoms with Crippen molar-refractivity contribution < 1.29 is 19.7 Å². The van der Waals surface area contributed by atoms with Crippen molar-refractivity contribution in [1.29, 1.82) is 0 Å². The Labute approximate surface area is 93.4 Å². The summed E-state index contributed by atoms with van der Waals surface area (Å²) in [6, 6.07) is 3.06. The molecular weight excluding hydrogens is 208 g/mol. The lowest BCUT2D eigenvalue weighted by Crippen LogP contribution is -2.03. The highest BCUT2D eigenvalue weighted by molar-refractivity contribution is 5.48. The van der Waals surface area contributed by atoms with E-state index in [-0.39, 0.29) is 23.7 Å². The zero-order valence-corrected chi connectivity index (χ0v) is 8.85. The first-order valence-electron chi connectivity index (χ1n) is 5.50. The van der Waals surface area contributed by atoms with Gasteiger partial charge in [-0.1, -0.05) is 0 Å². The first-order chi connectivity index (χ1) is 7.74. The maximum absolute atomic E-state index is 9.82. The van der Waals surface area contributed by atoms with Gasteiger partial charge in [0.15, 0.2) is 0 Å². The molecule has 2 saturated heterocycles. The van der Waals surface area contributed by atoms with Crippen LogP contribution in [0.4, 0.5) is 0 Å². The van der Waals surface area contributed by atoms with Crippen LogP contribution < -0.4 is 0 Å². The fourth-order valence-corrected chi connectivity index (χ4v) is 1.95. The summed E-state index contributed by atoms with van der Waals surface area (Å²) in [5.41, 5.74) is 1.61. The average Bonchev–Trinajstić information content (AvgIpc) is 3.10. The van der Waals surface area contributed by atoms with Crippen LogP contribution in [-0.2, 0) is 22.3 Å². The number of aromatic hydroxyl groups is 2. The van der Waals surface area contributed by atoms with E-state index in [2.05, 4.69) is 0 Å². The predicted octanol–water partition coefficient (Wildman–Crippen LogP) is 0.980. The van der Waals surface area contributed by atoms with Crippen molar-refractivity contribution in [2.75, 3.05) is 13.2 Å². The quantitative estimate of drug-likeness (QED) is 0.588. The maximum atomic E-state index is 9.82. The van der Waals surface area contributed by atoms with Crippen molar-refractivity contribution in [3.63, 3.8) is 0 Å². The molecule has 2 unspecified atom stereocenters. The second-order valence-corrected chi connectivity index (χ2v) is 4.38. The van der Waals surface area contributed by atoms with Gasteiger partial charge in [0.05, 0.1) is 25.4 Å². The van der Waals surface area contributed by atoms with Gasteiger partial charge in [0, 0.05) is 24.0 Å². The molecule has 2 aliphatic heterocycles.